The van der Waals surface area contributed by atoms with Crippen molar-refractivity contribution in [2.24, 2.45) is 5.41 Å². The summed E-state index contributed by atoms with van der Waals surface area (Å²) in [5.41, 5.74) is 3.07. The number of aryl methyl sites for hydroxylation is 3. The summed E-state index contributed by atoms with van der Waals surface area (Å²) in [6.45, 7) is 9.69. The normalized spacial score (nSPS) is 18.0. The molecule has 0 saturated carbocycles. The Balaban J connectivity index is 2.21. The number of hydrogen-bond acceptors (Lipinski definition) is 3. The van der Waals surface area contributed by atoms with Gasteiger partial charge in [0.25, 0.3) is 0 Å². The van der Waals surface area contributed by atoms with E-state index in [9.17, 15) is 9.59 Å². The summed E-state index contributed by atoms with van der Waals surface area (Å²) in [5, 5.41) is 11.7. The zero-order valence-corrected chi connectivity index (χ0v) is 14.4. The Hall–Kier alpha value is -2.35. The summed E-state index contributed by atoms with van der Waals surface area (Å²) in [5.74, 6) is -0.514. The van der Waals surface area contributed by atoms with E-state index in [1.807, 2.05) is 26.8 Å². The minimum atomic E-state index is -1.14. The Labute approximate surface area is 137 Å². The Bertz CT molecular complexity index is 678. The van der Waals surface area contributed by atoms with Crippen LogP contribution in [0.2, 0.25) is 0 Å². The summed E-state index contributed by atoms with van der Waals surface area (Å²) < 4.78 is 0. The highest BCUT2D eigenvalue weighted by Gasteiger charge is 2.38. The van der Waals surface area contributed by atoms with E-state index in [-0.39, 0.29) is 5.91 Å². The van der Waals surface area contributed by atoms with E-state index >= 15 is 0 Å². The van der Waals surface area contributed by atoms with Crippen LogP contribution in [-0.2, 0) is 9.59 Å². The van der Waals surface area contributed by atoms with Crippen molar-refractivity contribution in [3.05, 3.63) is 28.8 Å². The molecule has 0 bridgehead atoms. The SMILES string of the molecule is Cc1cc(C)c(N2CC[C@H](NC(=O)C(C)(C)C#N)C2=O)c(C)c1. The molecular formula is C18H23N3O2. The maximum atomic E-state index is 12.7. The lowest BCUT2D eigenvalue weighted by molar-refractivity contribution is -0.130. The smallest absolute Gasteiger partial charge is 0.249 e. The molecule has 1 fully saturated rings. The van der Waals surface area contributed by atoms with Crippen LogP contribution in [-0.4, -0.2) is 24.4 Å². The molecule has 5 heteroatoms. The fourth-order valence-corrected chi connectivity index (χ4v) is 3.02. The van der Waals surface area contributed by atoms with Crippen molar-refractivity contribution in [1.82, 2.24) is 5.32 Å². The largest absolute Gasteiger partial charge is 0.343 e. The number of nitrogens with zero attached hydrogens (tertiary/aromatic N) is 2. The second kappa shape index (κ2) is 6.04. The van der Waals surface area contributed by atoms with Gasteiger partial charge in [0.1, 0.15) is 11.5 Å². The van der Waals surface area contributed by atoms with E-state index in [0.29, 0.717) is 13.0 Å². The fraction of sp³-hybridized carbons (Fsp3) is 0.500. The Morgan fingerprint density at radius 2 is 1.87 bits per heavy atom. The standard InChI is InChI=1S/C18H23N3O2/c1-11-8-12(2)15(13(3)9-11)21-7-6-14(16(21)22)20-17(23)18(4,5)10-19/h8-9,14H,6-7H2,1-5H3,(H,20,23)/t14-/m0/s1. The Morgan fingerprint density at radius 1 is 1.30 bits per heavy atom. The van der Waals surface area contributed by atoms with Gasteiger partial charge in [-0.3, -0.25) is 9.59 Å². The number of anilines is 1. The fourth-order valence-electron chi connectivity index (χ4n) is 3.02. The van der Waals surface area contributed by atoms with Gasteiger partial charge in [-0.2, -0.15) is 5.26 Å². The molecule has 1 saturated heterocycles. The lowest BCUT2D eigenvalue weighted by Gasteiger charge is -2.23. The summed E-state index contributed by atoms with van der Waals surface area (Å²) in [7, 11) is 0. The van der Waals surface area contributed by atoms with Gasteiger partial charge >= 0.3 is 0 Å². The number of nitriles is 1. The lowest BCUT2D eigenvalue weighted by atomic mass is 9.94. The average molecular weight is 313 g/mol. The molecule has 1 aromatic rings. The number of rotatable bonds is 3. The molecule has 1 aliphatic rings. The van der Waals surface area contributed by atoms with Gasteiger partial charge in [-0.05, 0) is 52.2 Å². The molecule has 1 aliphatic heterocycles. The van der Waals surface area contributed by atoms with Crippen molar-refractivity contribution in [2.45, 2.75) is 47.1 Å². The number of amides is 2. The minimum Gasteiger partial charge on any atom is -0.343 e. The molecule has 23 heavy (non-hydrogen) atoms. The summed E-state index contributed by atoms with van der Waals surface area (Å²) >= 11 is 0. The van der Waals surface area contributed by atoms with Crippen LogP contribution >= 0.6 is 0 Å². The number of nitrogens with one attached hydrogen (secondary N) is 1. The van der Waals surface area contributed by atoms with E-state index in [4.69, 9.17) is 5.26 Å². The average Bonchev–Trinajstić information content (AvgIpc) is 2.79. The number of carbonyl (C=O) groups is 2. The van der Waals surface area contributed by atoms with Gasteiger partial charge in [-0.15, -0.1) is 0 Å². The third-order valence-electron chi connectivity index (χ3n) is 4.26. The van der Waals surface area contributed by atoms with Gasteiger partial charge in [-0.25, -0.2) is 0 Å². The second-order valence-corrected chi connectivity index (χ2v) is 6.79. The van der Waals surface area contributed by atoms with E-state index < -0.39 is 17.4 Å². The third kappa shape index (κ3) is 3.21. The topological polar surface area (TPSA) is 73.2 Å². The van der Waals surface area contributed by atoms with Gasteiger partial charge in [0.05, 0.1) is 6.07 Å². The molecule has 5 nitrogen and oxygen atoms in total. The van der Waals surface area contributed by atoms with Crippen molar-refractivity contribution >= 4 is 17.5 Å². The molecule has 122 valence electrons. The first-order chi connectivity index (χ1) is 10.7. The summed E-state index contributed by atoms with van der Waals surface area (Å²) in [4.78, 5) is 26.5. The maximum absolute atomic E-state index is 12.7. The van der Waals surface area contributed by atoms with Gasteiger partial charge in [0.15, 0.2) is 0 Å². The van der Waals surface area contributed by atoms with Crippen LogP contribution in [0, 0.1) is 37.5 Å². The molecule has 1 aromatic carbocycles. The van der Waals surface area contributed by atoms with Crippen molar-refractivity contribution in [3.8, 4) is 6.07 Å². The number of benzene rings is 1. The highest BCUT2D eigenvalue weighted by Crippen LogP contribution is 2.30. The molecule has 0 unspecified atom stereocenters. The van der Waals surface area contributed by atoms with Gasteiger partial charge in [-0.1, -0.05) is 17.7 Å². The summed E-state index contributed by atoms with van der Waals surface area (Å²) in [6.07, 6.45) is 0.554. The minimum absolute atomic E-state index is 0.109. The highest BCUT2D eigenvalue weighted by molar-refractivity contribution is 6.03. The van der Waals surface area contributed by atoms with Gasteiger partial charge in [0, 0.05) is 12.2 Å². The monoisotopic (exact) mass is 313 g/mol. The first kappa shape index (κ1) is 17.0. The van der Waals surface area contributed by atoms with Crippen molar-refractivity contribution in [3.63, 3.8) is 0 Å². The second-order valence-electron chi connectivity index (χ2n) is 6.79. The van der Waals surface area contributed by atoms with Crippen LogP contribution < -0.4 is 10.2 Å². The van der Waals surface area contributed by atoms with Crippen LogP contribution in [0.25, 0.3) is 0 Å². The van der Waals surface area contributed by atoms with Crippen molar-refractivity contribution < 1.29 is 9.59 Å². The molecule has 0 radical (unpaired) electrons. The maximum Gasteiger partial charge on any atom is 0.249 e. The van der Waals surface area contributed by atoms with Crippen LogP contribution in [0.15, 0.2) is 12.1 Å². The first-order valence-electron chi connectivity index (χ1n) is 7.79. The third-order valence-corrected chi connectivity index (χ3v) is 4.26. The molecule has 0 aliphatic carbocycles. The van der Waals surface area contributed by atoms with Crippen molar-refractivity contribution in [2.75, 3.05) is 11.4 Å². The molecule has 0 spiro atoms. The van der Waals surface area contributed by atoms with E-state index in [1.54, 1.807) is 18.7 Å². The zero-order valence-electron chi connectivity index (χ0n) is 14.4. The van der Waals surface area contributed by atoms with E-state index in [0.717, 1.165) is 22.4 Å². The number of carbonyl (C=O) groups excluding carboxylic acids is 2. The van der Waals surface area contributed by atoms with Gasteiger partial charge < -0.3 is 10.2 Å². The lowest BCUT2D eigenvalue weighted by Crippen LogP contribution is -2.46. The predicted molar refractivity (Wildman–Crippen MR) is 88.9 cm³/mol. The van der Waals surface area contributed by atoms with E-state index in [1.165, 1.54) is 0 Å². The Morgan fingerprint density at radius 3 is 2.39 bits per heavy atom. The van der Waals surface area contributed by atoms with Crippen LogP contribution in [0.5, 0.6) is 0 Å². The first-order valence-corrected chi connectivity index (χ1v) is 7.79. The predicted octanol–water partition coefficient (Wildman–Crippen LogP) is 2.38. The molecular weight excluding hydrogens is 290 g/mol. The van der Waals surface area contributed by atoms with E-state index in [2.05, 4.69) is 17.4 Å². The summed E-state index contributed by atoms with van der Waals surface area (Å²) in [6, 6.07) is 5.51. The zero-order chi connectivity index (χ0) is 17.4. The molecule has 2 amide bonds. The molecule has 1 atom stereocenters. The van der Waals surface area contributed by atoms with Crippen LogP contribution in [0.1, 0.15) is 37.0 Å². The van der Waals surface area contributed by atoms with Crippen LogP contribution in [0.4, 0.5) is 5.69 Å². The molecule has 0 aromatic heterocycles. The highest BCUT2D eigenvalue weighted by atomic mass is 16.2. The van der Waals surface area contributed by atoms with Gasteiger partial charge in [0.2, 0.25) is 11.8 Å². The number of hydrogen-bond donors (Lipinski definition) is 1. The quantitative estimate of drug-likeness (QED) is 0.931. The van der Waals surface area contributed by atoms with Crippen LogP contribution in [0.3, 0.4) is 0 Å². The molecule has 1 N–H and O–H groups in total. The van der Waals surface area contributed by atoms with Crippen molar-refractivity contribution in [1.29, 1.82) is 5.26 Å². The Kier molecular flexibility index (Phi) is 4.46. The molecule has 1 heterocycles. The molecule has 2 rings (SSSR count).